The van der Waals surface area contributed by atoms with Gasteiger partial charge in [-0.2, -0.15) is 0 Å². The molecule has 0 saturated heterocycles. The molecule has 0 atom stereocenters. The molecular weight excluding hydrogens is 226 g/mol. The summed E-state index contributed by atoms with van der Waals surface area (Å²) < 4.78 is 0. The Labute approximate surface area is 106 Å². The first-order chi connectivity index (χ1) is 8.66. The molecule has 0 aromatic heterocycles. The standard InChI is InChI=1S/C15H13NO2/c1-12-6-8-14(9-7-12)15-5-3-2-4-13(15)10-11-16(17)18/h2-11H,1H3. The summed E-state index contributed by atoms with van der Waals surface area (Å²) in [4.78, 5) is 9.93. The predicted octanol–water partition coefficient (Wildman–Crippen LogP) is 3.91. The van der Waals surface area contributed by atoms with Crippen LogP contribution in [0.4, 0.5) is 0 Å². The number of aryl methyl sites for hydroxylation is 1. The van der Waals surface area contributed by atoms with Gasteiger partial charge in [0.25, 0.3) is 0 Å². The molecule has 90 valence electrons. The predicted molar refractivity (Wildman–Crippen MR) is 72.6 cm³/mol. The zero-order valence-corrected chi connectivity index (χ0v) is 10.0. The molecule has 0 unspecified atom stereocenters. The lowest BCUT2D eigenvalue weighted by Crippen LogP contribution is -1.86. The molecule has 3 nitrogen and oxygen atoms in total. The van der Waals surface area contributed by atoms with E-state index in [1.54, 1.807) is 0 Å². The smallest absolute Gasteiger partial charge is 0.235 e. The van der Waals surface area contributed by atoms with Crippen LogP contribution in [0.25, 0.3) is 17.2 Å². The van der Waals surface area contributed by atoms with Crippen molar-refractivity contribution in [1.29, 1.82) is 0 Å². The summed E-state index contributed by atoms with van der Waals surface area (Å²) in [5.74, 6) is 0. The van der Waals surface area contributed by atoms with Crippen molar-refractivity contribution in [3.05, 3.63) is 76.0 Å². The van der Waals surface area contributed by atoms with Crippen molar-refractivity contribution in [3.63, 3.8) is 0 Å². The highest BCUT2D eigenvalue weighted by atomic mass is 16.6. The minimum Gasteiger partial charge on any atom is -0.259 e. The second-order valence-corrected chi connectivity index (χ2v) is 4.05. The van der Waals surface area contributed by atoms with Gasteiger partial charge in [0.15, 0.2) is 0 Å². The number of nitrogens with zero attached hydrogens (tertiary/aromatic N) is 1. The first kappa shape index (κ1) is 12.0. The number of rotatable bonds is 3. The Balaban J connectivity index is 2.44. The van der Waals surface area contributed by atoms with Crippen LogP contribution in [0, 0.1) is 17.0 Å². The van der Waals surface area contributed by atoms with Crippen LogP contribution in [-0.4, -0.2) is 4.92 Å². The molecule has 0 aliphatic carbocycles. The fourth-order valence-corrected chi connectivity index (χ4v) is 1.78. The maximum absolute atomic E-state index is 10.4. The van der Waals surface area contributed by atoms with Crippen molar-refractivity contribution < 1.29 is 4.92 Å². The van der Waals surface area contributed by atoms with Gasteiger partial charge in [0.1, 0.15) is 0 Å². The SMILES string of the molecule is Cc1ccc(-c2ccccc2C=C[N+](=O)[O-])cc1. The van der Waals surface area contributed by atoms with Gasteiger partial charge in [-0.1, -0.05) is 54.1 Å². The fraction of sp³-hybridized carbons (Fsp3) is 0.0667. The molecule has 0 spiro atoms. The number of nitro groups is 1. The largest absolute Gasteiger partial charge is 0.259 e. The molecule has 0 fully saturated rings. The van der Waals surface area contributed by atoms with E-state index in [0.717, 1.165) is 22.9 Å². The van der Waals surface area contributed by atoms with Crippen LogP contribution >= 0.6 is 0 Å². The molecule has 3 heteroatoms. The molecule has 2 aromatic rings. The Hall–Kier alpha value is -2.42. The lowest BCUT2D eigenvalue weighted by molar-refractivity contribution is -0.400. The summed E-state index contributed by atoms with van der Waals surface area (Å²) >= 11 is 0. The van der Waals surface area contributed by atoms with Gasteiger partial charge in [-0.05, 0) is 23.6 Å². The number of hydrogen-bond donors (Lipinski definition) is 0. The summed E-state index contributed by atoms with van der Waals surface area (Å²) in [7, 11) is 0. The van der Waals surface area contributed by atoms with Gasteiger partial charge in [0.05, 0.1) is 4.92 Å². The third-order valence-corrected chi connectivity index (χ3v) is 2.70. The third-order valence-electron chi connectivity index (χ3n) is 2.70. The van der Waals surface area contributed by atoms with E-state index in [-0.39, 0.29) is 0 Å². The Kier molecular flexibility index (Phi) is 3.53. The molecule has 0 saturated carbocycles. The highest BCUT2D eigenvalue weighted by molar-refractivity contribution is 5.74. The van der Waals surface area contributed by atoms with E-state index in [9.17, 15) is 10.1 Å². The first-order valence-corrected chi connectivity index (χ1v) is 5.64. The second kappa shape index (κ2) is 5.27. The molecule has 2 aromatic carbocycles. The van der Waals surface area contributed by atoms with Crippen LogP contribution in [0.15, 0.2) is 54.7 Å². The second-order valence-electron chi connectivity index (χ2n) is 4.05. The summed E-state index contributed by atoms with van der Waals surface area (Å²) in [5, 5.41) is 10.4. The summed E-state index contributed by atoms with van der Waals surface area (Å²) in [6.07, 6.45) is 2.49. The van der Waals surface area contributed by atoms with Crippen molar-refractivity contribution in [2.75, 3.05) is 0 Å². The van der Waals surface area contributed by atoms with E-state index in [4.69, 9.17) is 0 Å². The van der Waals surface area contributed by atoms with Crippen LogP contribution < -0.4 is 0 Å². The van der Waals surface area contributed by atoms with Gasteiger partial charge in [-0.15, -0.1) is 0 Å². The van der Waals surface area contributed by atoms with E-state index < -0.39 is 4.92 Å². The zero-order chi connectivity index (χ0) is 13.0. The van der Waals surface area contributed by atoms with E-state index in [1.807, 2.05) is 55.5 Å². The molecule has 0 aliphatic rings. The summed E-state index contributed by atoms with van der Waals surface area (Å²) in [6, 6.07) is 15.7. The number of hydrogen-bond acceptors (Lipinski definition) is 2. The highest BCUT2D eigenvalue weighted by Gasteiger charge is 2.02. The molecule has 0 heterocycles. The Morgan fingerprint density at radius 1 is 1.06 bits per heavy atom. The van der Waals surface area contributed by atoms with Crippen LogP contribution in [0.3, 0.4) is 0 Å². The molecule has 0 radical (unpaired) electrons. The van der Waals surface area contributed by atoms with Crippen molar-refractivity contribution >= 4 is 6.08 Å². The van der Waals surface area contributed by atoms with Crippen molar-refractivity contribution in [2.45, 2.75) is 6.92 Å². The Morgan fingerprint density at radius 3 is 2.39 bits per heavy atom. The van der Waals surface area contributed by atoms with Crippen LogP contribution in [-0.2, 0) is 0 Å². The fourth-order valence-electron chi connectivity index (χ4n) is 1.78. The Morgan fingerprint density at radius 2 is 1.72 bits per heavy atom. The van der Waals surface area contributed by atoms with Crippen molar-refractivity contribution in [1.82, 2.24) is 0 Å². The maximum Gasteiger partial charge on any atom is 0.235 e. The zero-order valence-electron chi connectivity index (χ0n) is 10.0. The third kappa shape index (κ3) is 2.83. The monoisotopic (exact) mass is 239 g/mol. The topological polar surface area (TPSA) is 43.1 Å². The molecular formula is C15H13NO2. The van der Waals surface area contributed by atoms with Gasteiger partial charge in [0.2, 0.25) is 6.20 Å². The van der Waals surface area contributed by atoms with E-state index in [1.165, 1.54) is 11.6 Å². The highest BCUT2D eigenvalue weighted by Crippen LogP contribution is 2.24. The van der Waals surface area contributed by atoms with Crippen molar-refractivity contribution in [3.8, 4) is 11.1 Å². The molecule has 0 bridgehead atoms. The van der Waals surface area contributed by atoms with Crippen LogP contribution in [0.2, 0.25) is 0 Å². The normalized spacial score (nSPS) is 10.7. The van der Waals surface area contributed by atoms with Gasteiger partial charge in [-0.3, -0.25) is 10.1 Å². The van der Waals surface area contributed by atoms with Gasteiger partial charge >= 0.3 is 0 Å². The minimum atomic E-state index is -0.452. The lowest BCUT2D eigenvalue weighted by Gasteiger charge is -2.05. The molecule has 0 amide bonds. The quantitative estimate of drug-likeness (QED) is 0.602. The molecule has 0 N–H and O–H groups in total. The van der Waals surface area contributed by atoms with E-state index in [2.05, 4.69) is 0 Å². The van der Waals surface area contributed by atoms with E-state index >= 15 is 0 Å². The first-order valence-electron chi connectivity index (χ1n) is 5.64. The van der Waals surface area contributed by atoms with Gasteiger partial charge in [-0.25, -0.2) is 0 Å². The van der Waals surface area contributed by atoms with Gasteiger partial charge in [0, 0.05) is 6.08 Å². The van der Waals surface area contributed by atoms with Crippen LogP contribution in [0.5, 0.6) is 0 Å². The van der Waals surface area contributed by atoms with Gasteiger partial charge < -0.3 is 0 Å². The summed E-state index contributed by atoms with van der Waals surface area (Å²) in [6.45, 7) is 2.03. The molecule has 2 rings (SSSR count). The Bertz CT molecular complexity index is 586. The molecule has 0 aliphatic heterocycles. The average Bonchev–Trinajstić information content (AvgIpc) is 2.38. The summed E-state index contributed by atoms with van der Waals surface area (Å²) in [5.41, 5.74) is 4.09. The van der Waals surface area contributed by atoms with Crippen molar-refractivity contribution in [2.24, 2.45) is 0 Å². The maximum atomic E-state index is 10.4. The van der Waals surface area contributed by atoms with E-state index in [0.29, 0.717) is 0 Å². The van der Waals surface area contributed by atoms with Crippen LogP contribution in [0.1, 0.15) is 11.1 Å². The molecule has 18 heavy (non-hydrogen) atoms. The average molecular weight is 239 g/mol. The minimum absolute atomic E-state index is 0.452. The lowest BCUT2D eigenvalue weighted by atomic mass is 9.99. The number of benzene rings is 2.